The number of amides is 1. The quantitative estimate of drug-likeness (QED) is 0.600. The van der Waals surface area contributed by atoms with Gasteiger partial charge in [0.1, 0.15) is 11.6 Å². The zero-order valence-electron chi connectivity index (χ0n) is 15.3. The molecule has 3 aromatic rings. The molecule has 0 aliphatic carbocycles. The highest BCUT2D eigenvalue weighted by atomic mass is 35.5. The molecule has 4 nitrogen and oxygen atoms in total. The molecule has 0 spiro atoms. The van der Waals surface area contributed by atoms with Gasteiger partial charge in [0.2, 0.25) is 5.91 Å². The van der Waals surface area contributed by atoms with Gasteiger partial charge in [0.05, 0.1) is 30.4 Å². The molecule has 3 rings (SSSR count). The Bertz CT molecular complexity index is 933. The van der Waals surface area contributed by atoms with Crippen molar-refractivity contribution in [3.05, 3.63) is 94.8 Å². The van der Waals surface area contributed by atoms with E-state index in [2.05, 4.69) is 10.6 Å². The summed E-state index contributed by atoms with van der Waals surface area (Å²) in [5.41, 5.74) is 2.40. The first-order valence-electron chi connectivity index (χ1n) is 8.74. The number of methoxy groups -OCH3 is 1. The predicted octanol–water partition coefficient (Wildman–Crippen LogP) is 4.81. The monoisotopic (exact) mass is 398 g/mol. The molecule has 0 fully saturated rings. The molecule has 0 heterocycles. The minimum atomic E-state index is -0.454. The molecule has 0 radical (unpaired) electrons. The molecule has 6 heteroatoms. The van der Waals surface area contributed by atoms with Crippen LogP contribution in [-0.4, -0.2) is 19.6 Å². The standard InChI is InChI=1S/C22H20ClFN2O2/c1-28-18-10-7-16(8-11-18)22(15-5-3-2-4-6-15)25-14-21(27)26-20-12-9-17(24)13-19(20)23/h2-13,22,25H,14H2,1H3,(H,26,27)/t22-/m1/s1. The van der Waals surface area contributed by atoms with Crippen molar-refractivity contribution in [3.8, 4) is 5.75 Å². The van der Waals surface area contributed by atoms with Gasteiger partial charge in [0.15, 0.2) is 0 Å². The van der Waals surface area contributed by atoms with E-state index in [4.69, 9.17) is 16.3 Å². The van der Waals surface area contributed by atoms with Gasteiger partial charge in [0, 0.05) is 0 Å². The number of carbonyl (C=O) groups excluding carboxylic acids is 1. The van der Waals surface area contributed by atoms with Gasteiger partial charge in [0.25, 0.3) is 0 Å². The maximum absolute atomic E-state index is 13.1. The third kappa shape index (κ3) is 5.09. The summed E-state index contributed by atoms with van der Waals surface area (Å²) in [4.78, 5) is 12.4. The highest BCUT2D eigenvalue weighted by Gasteiger charge is 2.16. The topological polar surface area (TPSA) is 50.4 Å². The van der Waals surface area contributed by atoms with Crippen LogP contribution in [-0.2, 0) is 4.79 Å². The summed E-state index contributed by atoms with van der Waals surface area (Å²) < 4.78 is 18.4. The minimum absolute atomic E-state index is 0.0549. The smallest absolute Gasteiger partial charge is 0.238 e. The molecule has 1 atom stereocenters. The first kappa shape index (κ1) is 19.9. The first-order valence-corrected chi connectivity index (χ1v) is 9.12. The molecule has 0 aromatic heterocycles. The lowest BCUT2D eigenvalue weighted by atomic mass is 9.98. The van der Waals surface area contributed by atoms with E-state index in [1.54, 1.807) is 7.11 Å². The largest absolute Gasteiger partial charge is 0.497 e. The Hall–Kier alpha value is -2.89. The maximum Gasteiger partial charge on any atom is 0.238 e. The lowest BCUT2D eigenvalue weighted by Gasteiger charge is -2.20. The number of ether oxygens (including phenoxy) is 1. The summed E-state index contributed by atoms with van der Waals surface area (Å²) in [6, 6.07) is 21.2. The van der Waals surface area contributed by atoms with Gasteiger partial charge in [-0.2, -0.15) is 0 Å². The molecular weight excluding hydrogens is 379 g/mol. The Balaban J connectivity index is 1.73. The lowest BCUT2D eigenvalue weighted by Crippen LogP contribution is -2.32. The molecule has 0 aliphatic heterocycles. The van der Waals surface area contributed by atoms with E-state index in [1.165, 1.54) is 12.1 Å². The summed E-state index contributed by atoms with van der Waals surface area (Å²) in [5, 5.41) is 6.12. The molecule has 0 saturated carbocycles. The van der Waals surface area contributed by atoms with Crippen molar-refractivity contribution in [1.82, 2.24) is 5.32 Å². The van der Waals surface area contributed by atoms with E-state index in [-0.39, 0.29) is 23.5 Å². The van der Waals surface area contributed by atoms with Crippen LogP contribution in [0.25, 0.3) is 0 Å². The van der Waals surface area contributed by atoms with Gasteiger partial charge >= 0.3 is 0 Å². The number of hydrogen-bond donors (Lipinski definition) is 2. The number of rotatable bonds is 7. The molecule has 2 N–H and O–H groups in total. The highest BCUT2D eigenvalue weighted by molar-refractivity contribution is 6.33. The van der Waals surface area contributed by atoms with Crippen LogP contribution in [0.5, 0.6) is 5.75 Å². The Morgan fingerprint density at radius 1 is 1.04 bits per heavy atom. The Labute approximate surface area is 168 Å². The highest BCUT2D eigenvalue weighted by Crippen LogP contribution is 2.25. The average Bonchev–Trinajstić information content (AvgIpc) is 2.71. The van der Waals surface area contributed by atoms with Crippen LogP contribution >= 0.6 is 11.6 Å². The third-order valence-electron chi connectivity index (χ3n) is 4.25. The fourth-order valence-electron chi connectivity index (χ4n) is 2.85. The summed E-state index contributed by atoms with van der Waals surface area (Å²) in [5.74, 6) is 0.0342. The van der Waals surface area contributed by atoms with E-state index in [0.717, 1.165) is 22.9 Å². The summed E-state index contributed by atoms with van der Waals surface area (Å²) in [6.45, 7) is 0.0549. The summed E-state index contributed by atoms with van der Waals surface area (Å²) >= 11 is 5.97. The number of hydrogen-bond acceptors (Lipinski definition) is 3. The van der Waals surface area contributed by atoms with E-state index in [1.807, 2.05) is 54.6 Å². The normalized spacial score (nSPS) is 11.7. The number of nitrogens with one attached hydrogen (secondary N) is 2. The van der Waals surface area contributed by atoms with E-state index < -0.39 is 5.82 Å². The molecule has 3 aromatic carbocycles. The van der Waals surface area contributed by atoms with E-state index >= 15 is 0 Å². The van der Waals surface area contributed by atoms with Crippen molar-refractivity contribution in [2.45, 2.75) is 6.04 Å². The van der Waals surface area contributed by atoms with Crippen molar-refractivity contribution in [2.75, 3.05) is 19.0 Å². The second kappa shape index (κ2) is 9.35. The fourth-order valence-corrected chi connectivity index (χ4v) is 3.06. The fraction of sp³-hybridized carbons (Fsp3) is 0.136. The number of carbonyl (C=O) groups is 1. The zero-order chi connectivity index (χ0) is 19.9. The van der Waals surface area contributed by atoms with E-state index in [0.29, 0.717) is 5.69 Å². The molecule has 0 saturated heterocycles. The molecule has 28 heavy (non-hydrogen) atoms. The van der Waals surface area contributed by atoms with Crippen molar-refractivity contribution >= 4 is 23.2 Å². The van der Waals surface area contributed by atoms with Gasteiger partial charge in [-0.1, -0.05) is 54.1 Å². The average molecular weight is 399 g/mol. The van der Waals surface area contributed by atoms with Crippen molar-refractivity contribution < 1.29 is 13.9 Å². The number of benzene rings is 3. The zero-order valence-corrected chi connectivity index (χ0v) is 16.0. The van der Waals surface area contributed by atoms with Crippen LogP contribution in [0.3, 0.4) is 0 Å². The molecule has 144 valence electrons. The van der Waals surface area contributed by atoms with Crippen LogP contribution in [0.4, 0.5) is 10.1 Å². The third-order valence-corrected chi connectivity index (χ3v) is 4.57. The second-order valence-electron chi connectivity index (χ2n) is 6.17. The lowest BCUT2D eigenvalue weighted by molar-refractivity contribution is -0.115. The Morgan fingerprint density at radius 2 is 1.71 bits per heavy atom. The first-order chi connectivity index (χ1) is 13.6. The molecule has 0 aliphatic rings. The van der Waals surface area contributed by atoms with Crippen molar-refractivity contribution in [3.63, 3.8) is 0 Å². The molecule has 0 unspecified atom stereocenters. The summed E-state index contributed by atoms with van der Waals surface area (Å²) in [6.07, 6.45) is 0. The van der Waals surface area contributed by atoms with Crippen LogP contribution in [0.15, 0.2) is 72.8 Å². The van der Waals surface area contributed by atoms with Gasteiger partial charge in [-0.3, -0.25) is 10.1 Å². The van der Waals surface area contributed by atoms with Gasteiger partial charge < -0.3 is 10.1 Å². The van der Waals surface area contributed by atoms with Crippen LogP contribution < -0.4 is 15.4 Å². The second-order valence-corrected chi connectivity index (χ2v) is 6.58. The van der Waals surface area contributed by atoms with Gasteiger partial charge in [-0.15, -0.1) is 0 Å². The number of anilines is 1. The molecule has 0 bridgehead atoms. The van der Waals surface area contributed by atoms with Crippen LogP contribution in [0.1, 0.15) is 17.2 Å². The molecule has 1 amide bonds. The van der Waals surface area contributed by atoms with Gasteiger partial charge in [-0.25, -0.2) is 4.39 Å². The Morgan fingerprint density at radius 3 is 2.36 bits per heavy atom. The summed E-state index contributed by atoms with van der Waals surface area (Å²) in [7, 11) is 1.62. The van der Waals surface area contributed by atoms with Crippen LogP contribution in [0, 0.1) is 5.82 Å². The van der Waals surface area contributed by atoms with Crippen molar-refractivity contribution in [1.29, 1.82) is 0 Å². The SMILES string of the molecule is COc1ccc([C@H](NCC(=O)Nc2ccc(F)cc2Cl)c2ccccc2)cc1. The minimum Gasteiger partial charge on any atom is -0.497 e. The Kier molecular flexibility index (Phi) is 6.63. The predicted molar refractivity (Wildman–Crippen MR) is 109 cm³/mol. The van der Waals surface area contributed by atoms with E-state index in [9.17, 15) is 9.18 Å². The maximum atomic E-state index is 13.1. The molecular formula is C22H20ClFN2O2. The van der Waals surface area contributed by atoms with Gasteiger partial charge in [-0.05, 0) is 41.5 Å². The van der Waals surface area contributed by atoms with Crippen LogP contribution in [0.2, 0.25) is 5.02 Å². The van der Waals surface area contributed by atoms with Crippen molar-refractivity contribution in [2.24, 2.45) is 0 Å². The number of halogens is 2.